The van der Waals surface area contributed by atoms with Crippen molar-refractivity contribution in [2.75, 3.05) is 34.4 Å². The maximum atomic E-state index is 12.3. The van der Waals surface area contributed by atoms with Gasteiger partial charge in [-0.1, -0.05) is 30.3 Å². The van der Waals surface area contributed by atoms with Gasteiger partial charge in [0.05, 0.1) is 25.9 Å². The summed E-state index contributed by atoms with van der Waals surface area (Å²) in [6.07, 6.45) is 4.24. The zero-order valence-electron chi connectivity index (χ0n) is 18.0. The molecule has 30 heavy (non-hydrogen) atoms. The Kier molecular flexibility index (Phi) is 7.73. The zero-order chi connectivity index (χ0) is 21.7. The summed E-state index contributed by atoms with van der Waals surface area (Å²) in [5.74, 6) is 0.559. The fraction of sp³-hybridized carbons (Fsp3) is 0.667. The van der Waals surface area contributed by atoms with Crippen molar-refractivity contribution in [1.82, 2.24) is 13.9 Å². The van der Waals surface area contributed by atoms with Gasteiger partial charge in [0.25, 0.3) is 10.2 Å². The van der Waals surface area contributed by atoms with E-state index in [9.17, 15) is 13.2 Å². The number of nitrogens with zero attached hydrogens (tertiary/aromatic N) is 2. The van der Waals surface area contributed by atoms with Gasteiger partial charge in [-0.15, -0.1) is 0 Å². The summed E-state index contributed by atoms with van der Waals surface area (Å²) < 4.78 is 39.5. The SMILES string of the molecule is COC(=O)N1CCC(NS(=O)(=O)N(C)C)[C@@H]1COC1CCC(c2ccccc2)CC1. The quantitative estimate of drug-likeness (QED) is 0.705. The predicted molar refractivity (Wildman–Crippen MR) is 114 cm³/mol. The van der Waals surface area contributed by atoms with Crippen molar-refractivity contribution in [3.8, 4) is 0 Å². The van der Waals surface area contributed by atoms with Gasteiger partial charge in [-0.05, 0) is 43.6 Å². The third-order valence-corrected chi connectivity index (χ3v) is 7.75. The van der Waals surface area contributed by atoms with E-state index in [2.05, 4.69) is 29.0 Å². The first-order valence-electron chi connectivity index (χ1n) is 10.5. The molecule has 1 aromatic carbocycles. The first-order chi connectivity index (χ1) is 14.3. The van der Waals surface area contributed by atoms with Gasteiger partial charge in [-0.25, -0.2) is 4.79 Å². The fourth-order valence-electron chi connectivity index (χ4n) is 4.36. The van der Waals surface area contributed by atoms with E-state index in [1.807, 2.05) is 6.07 Å². The smallest absolute Gasteiger partial charge is 0.409 e. The number of amides is 1. The Balaban J connectivity index is 1.58. The van der Waals surface area contributed by atoms with Gasteiger partial charge >= 0.3 is 6.09 Å². The fourth-order valence-corrected chi connectivity index (χ4v) is 5.23. The lowest BCUT2D eigenvalue weighted by molar-refractivity contribution is -0.00540. The third-order valence-electron chi connectivity index (χ3n) is 6.18. The van der Waals surface area contributed by atoms with Gasteiger partial charge in [0, 0.05) is 26.7 Å². The molecule has 0 spiro atoms. The Labute approximate surface area is 179 Å². The molecule has 8 nitrogen and oxygen atoms in total. The van der Waals surface area contributed by atoms with Crippen molar-refractivity contribution in [1.29, 1.82) is 0 Å². The monoisotopic (exact) mass is 439 g/mol. The van der Waals surface area contributed by atoms with Crippen molar-refractivity contribution in [2.45, 2.75) is 56.2 Å². The molecule has 0 bridgehead atoms. The van der Waals surface area contributed by atoms with E-state index in [1.54, 1.807) is 4.90 Å². The molecule has 1 N–H and O–H groups in total. The van der Waals surface area contributed by atoms with Gasteiger partial charge in [0.1, 0.15) is 0 Å². The first kappa shape index (κ1) is 23.0. The number of carbonyl (C=O) groups is 1. The average molecular weight is 440 g/mol. The second-order valence-electron chi connectivity index (χ2n) is 8.25. The van der Waals surface area contributed by atoms with Crippen LogP contribution in [0, 0.1) is 0 Å². The topological polar surface area (TPSA) is 88.2 Å². The number of methoxy groups -OCH3 is 1. The Morgan fingerprint density at radius 3 is 2.40 bits per heavy atom. The molecule has 168 valence electrons. The number of likely N-dealkylation sites (tertiary alicyclic amines) is 1. The highest BCUT2D eigenvalue weighted by Gasteiger charge is 2.40. The van der Waals surface area contributed by atoms with Crippen molar-refractivity contribution >= 4 is 16.3 Å². The van der Waals surface area contributed by atoms with Crippen molar-refractivity contribution in [3.63, 3.8) is 0 Å². The van der Waals surface area contributed by atoms with E-state index in [4.69, 9.17) is 9.47 Å². The molecular formula is C21H33N3O5S. The number of hydrogen-bond donors (Lipinski definition) is 1. The minimum absolute atomic E-state index is 0.121. The summed E-state index contributed by atoms with van der Waals surface area (Å²) in [5.41, 5.74) is 1.38. The third kappa shape index (κ3) is 5.51. The van der Waals surface area contributed by atoms with E-state index in [0.29, 0.717) is 18.9 Å². The van der Waals surface area contributed by atoms with Crippen molar-refractivity contribution in [2.24, 2.45) is 0 Å². The van der Waals surface area contributed by atoms with Gasteiger partial charge < -0.3 is 14.4 Å². The number of ether oxygens (including phenoxy) is 2. The molecule has 9 heteroatoms. The molecule has 1 aliphatic carbocycles. The number of benzene rings is 1. The highest BCUT2D eigenvalue weighted by Crippen LogP contribution is 2.34. The highest BCUT2D eigenvalue weighted by atomic mass is 32.2. The molecule has 0 radical (unpaired) electrons. The van der Waals surface area contributed by atoms with Crippen LogP contribution in [-0.2, 0) is 19.7 Å². The van der Waals surface area contributed by atoms with Crippen LogP contribution < -0.4 is 4.72 Å². The maximum absolute atomic E-state index is 12.3. The van der Waals surface area contributed by atoms with E-state index in [0.717, 1.165) is 30.0 Å². The Morgan fingerprint density at radius 2 is 1.80 bits per heavy atom. The molecular weight excluding hydrogens is 406 g/mol. The van der Waals surface area contributed by atoms with Gasteiger partial charge in [0.15, 0.2) is 0 Å². The molecule has 3 rings (SSSR count). The molecule has 1 unspecified atom stereocenters. The largest absolute Gasteiger partial charge is 0.453 e. The lowest BCUT2D eigenvalue weighted by atomic mass is 9.83. The van der Waals surface area contributed by atoms with Crippen LogP contribution in [0.25, 0.3) is 0 Å². The summed E-state index contributed by atoms with van der Waals surface area (Å²) in [4.78, 5) is 13.7. The normalized spacial score (nSPS) is 27.4. The first-order valence-corrected chi connectivity index (χ1v) is 12.0. The number of rotatable bonds is 7. The molecule has 2 atom stereocenters. The van der Waals surface area contributed by atoms with Crippen LogP contribution in [0.5, 0.6) is 0 Å². The molecule has 1 saturated carbocycles. The minimum atomic E-state index is -3.60. The molecule has 1 saturated heterocycles. The van der Waals surface area contributed by atoms with Crippen LogP contribution >= 0.6 is 0 Å². The molecule has 1 heterocycles. The molecule has 2 fully saturated rings. The van der Waals surface area contributed by atoms with E-state index >= 15 is 0 Å². The van der Waals surface area contributed by atoms with E-state index in [1.165, 1.54) is 26.8 Å². The number of nitrogens with one attached hydrogen (secondary N) is 1. The highest BCUT2D eigenvalue weighted by molar-refractivity contribution is 7.87. The second-order valence-corrected chi connectivity index (χ2v) is 10.2. The summed E-state index contributed by atoms with van der Waals surface area (Å²) in [5, 5.41) is 0. The summed E-state index contributed by atoms with van der Waals surface area (Å²) in [6.45, 7) is 0.721. The second kappa shape index (κ2) is 10.1. The van der Waals surface area contributed by atoms with Crippen LogP contribution in [0.15, 0.2) is 30.3 Å². The minimum Gasteiger partial charge on any atom is -0.453 e. The predicted octanol–water partition coefficient (Wildman–Crippen LogP) is 2.33. The number of carbonyl (C=O) groups excluding carboxylic acids is 1. The summed E-state index contributed by atoms with van der Waals surface area (Å²) in [7, 11) is 0.690. The van der Waals surface area contributed by atoms with Crippen molar-refractivity contribution in [3.05, 3.63) is 35.9 Å². The molecule has 1 aromatic rings. The molecule has 1 aliphatic heterocycles. The maximum Gasteiger partial charge on any atom is 0.409 e. The number of hydrogen-bond acceptors (Lipinski definition) is 5. The zero-order valence-corrected chi connectivity index (χ0v) is 18.8. The Morgan fingerprint density at radius 1 is 1.13 bits per heavy atom. The molecule has 0 aromatic heterocycles. The van der Waals surface area contributed by atoms with Crippen LogP contribution in [0.2, 0.25) is 0 Å². The molecule has 1 amide bonds. The van der Waals surface area contributed by atoms with Crippen LogP contribution in [0.4, 0.5) is 4.79 Å². The summed E-state index contributed by atoms with van der Waals surface area (Å²) in [6, 6.07) is 9.76. The van der Waals surface area contributed by atoms with Crippen LogP contribution in [0.1, 0.15) is 43.6 Å². The van der Waals surface area contributed by atoms with Crippen LogP contribution in [0.3, 0.4) is 0 Å². The Bertz CT molecular complexity index is 794. The van der Waals surface area contributed by atoms with E-state index < -0.39 is 22.3 Å². The lowest BCUT2D eigenvalue weighted by Gasteiger charge is -2.32. The van der Waals surface area contributed by atoms with Gasteiger partial charge in [-0.2, -0.15) is 17.4 Å². The van der Waals surface area contributed by atoms with E-state index in [-0.39, 0.29) is 18.8 Å². The van der Waals surface area contributed by atoms with Gasteiger partial charge in [0.2, 0.25) is 0 Å². The van der Waals surface area contributed by atoms with Crippen molar-refractivity contribution < 1.29 is 22.7 Å². The van der Waals surface area contributed by atoms with Crippen LogP contribution in [-0.4, -0.2) is 76.3 Å². The van der Waals surface area contributed by atoms with Gasteiger partial charge in [-0.3, -0.25) is 0 Å². The summed E-state index contributed by atoms with van der Waals surface area (Å²) >= 11 is 0. The molecule has 2 aliphatic rings. The standard InChI is InChI=1S/C21H33N3O5S/c1-23(2)30(26,27)22-19-13-14-24(21(25)28-3)20(19)15-29-18-11-9-17(10-12-18)16-7-5-4-6-8-16/h4-8,17-20,22H,9-15H2,1-3H3/t17?,18?,19?,20-/m0/s1. The lowest BCUT2D eigenvalue weighted by Crippen LogP contribution is -2.51. The Hall–Kier alpha value is -1.68. The average Bonchev–Trinajstić information content (AvgIpc) is 3.14.